The molecule has 5 nitrogen and oxygen atoms in total. The van der Waals surface area contributed by atoms with Crippen LogP contribution in [0.1, 0.15) is 26.8 Å². The fourth-order valence-electron chi connectivity index (χ4n) is 2.91. The van der Waals surface area contributed by atoms with Crippen LogP contribution < -0.4 is 10.6 Å². The summed E-state index contributed by atoms with van der Waals surface area (Å²) in [4.78, 5) is 24.6. The van der Waals surface area contributed by atoms with E-state index in [0.717, 1.165) is 12.0 Å². The summed E-state index contributed by atoms with van der Waals surface area (Å²) in [5.74, 6) is -0.665. The molecule has 0 saturated carbocycles. The summed E-state index contributed by atoms with van der Waals surface area (Å²) >= 11 is 1.24. The third-order valence-electron chi connectivity index (χ3n) is 4.30. The van der Waals surface area contributed by atoms with Crippen LogP contribution in [-0.4, -0.2) is 25.5 Å². The van der Waals surface area contributed by atoms with Gasteiger partial charge in [-0.3, -0.25) is 4.79 Å². The number of nitrogens with one attached hydrogen (secondary N) is 2. The molecule has 2 aromatic carbocycles. The molecule has 1 heterocycles. The molecule has 0 bridgehead atoms. The first-order chi connectivity index (χ1) is 13.7. The molecule has 0 aliphatic rings. The highest BCUT2D eigenvalue weighted by Crippen LogP contribution is 2.23. The minimum atomic E-state index is -0.454. The Balaban J connectivity index is 1.65. The van der Waals surface area contributed by atoms with Gasteiger partial charge >= 0.3 is 5.97 Å². The molecule has 0 fully saturated rings. The molecular weight excluding hydrogens is 372 g/mol. The highest BCUT2D eigenvalue weighted by atomic mass is 32.1. The molecular formula is C22H22N2O3S. The van der Waals surface area contributed by atoms with Gasteiger partial charge in [0, 0.05) is 6.04 Å². The molecule has 0 aliphatic carbocycles. The number of ether oxygens (including phenoxy) is 1. The van der Waals surface area contributed by atoms with Crippen molar-refractivity contribution < 1.29 is 14.3 Å². The first kappa shape index (κ1) is 19.8. The monoisotopic (exact) mass is 394 g/mol. The molecule has 28 heavy (non-hydrogen) atoms. The Labute approximate surface area is 168 Å². The fourth-order valence-corrected chi connectivity index (χ4v) is 3.68. The summed E-state index contributed by atoms with van der Waals surface area (Å²) in [5, 5.41) is 7.87. The Kier molecular flexibility index (Phi) is 6.94. The summed E-state index contributed by atoms with van der Waals surface area (Å²) in [6.07, 6.45) is 0.768. The molecule has 1 amide bonds. The van der Waals surface area contributed by atoms with Crippen LogP contribution in [0.4, 0.5) is 5.69 Å². The Bertz CT molecular complexity index is 910. The van der Waals surface area contributed by atoms with Gasteiger partial charge in [0.2, 0.25) is 5.91 Å². The Morgan fingerprint density at radius 3 is 2.36 bits per heavy atom. The van der Waals surface area contributed by atoms with Gasteiger partial charge in [-0.05, 0) is 29.0 Å². The maximum atomic E-state index is 12.4. The number of amides is 1. The van der Waals surface area contributed by atoms with Crippen molar-refractivity contribution in [2.75, 3.05) is 19.0 Å². The lowest BCUT2D eigenvalue weighted by molar-refractivity contribution is -0.115. The van der Waals surface area contributed by atoms with E-state index >= 15 is 0 Å². The molecule has 0 aliphatic heterocycles. The molecule has 0 spiro atoms. The highest BCUT2D eigenvalue weighted by molar-refractivity contribution is 7.12. The molecule has 1 aromatic heterocycles. The Morgan fingerprint density at radius 2 is 1.68 bits per heavy atom. The average Bonchev–Trinajstić information content (AvgIpc) is 3.20. The van der Waals surface area contributed by atoms with Crippen LogP contribution in [-0.2, 0) is 16.0 Å². The van der Waals surface area contributed by atoms with Crippen molar-refractivity contribution in [2.24, 2.45) is 0 Å². The number of anilines is 1. The Hall–Kier alpha value is -2.96. The van der Waals surface area contributed by atoms with E-state index in [1.165, 1.54) is 24.0 Å². The minimum absolute atomic E-state index is 0.00287. The van der Waals surface area contributed by atoms with E-state index in [1.807, 2.05) is 48.5 Å². The molecule has 3 rings (SSSR count). The predicted molar refractivity (Wildman–Crippen MR) is 112 cm³/mol. The van der Waals surface area contributed by atoms with Gasteiger partial charge < -0.3 is 15.4 Å². The number of methoxy groups -OCH3 is 1. The number of hydrogen-bond donors (Lipinski definition) is 2. The van der Waals surface area contributed by atoms with Gasteiger partial charge in [-0.2, -0.15) is 0 Å². The van der Waals surface area contributed by atoms with Crippen molar-refractivity contribution in [1.82, 2.24) is 5.32 Å². The van der Waals surface area contributed by atoms with Gasteiger partial charge in [-0.15, -0.1) is 11.3 Å². The molecule has 3 aromatic rings. The van der Waals surface area contributed by atoms with Gasteiger partial charge in [0.05, 0.1) is 19.3 Å². The molecule has 1 unspecified atom stereocenters. The largest absolute Gasteiger partial charge is 0.465 e. The first-order valence-corrected chi connectivity index (χ1v) is 9.83. The van der Waals surface area contributed by atoms with E-state index < -0.39 is 5.97 Å². The van der Waals surface area contributed by atoms with Gasteiger partial charge in [0.25, 0.3) is 0 Å². The summed E-state index contributed by atoms with van der Waals surface area (Å²) in [5.41, 5.74) is 2.78. The third-order valence-corrected chi connectivity index (χ3v) is 5.20. The number of carbonyl (C=O) groups excluding carboxylic acids is 2. The van der Waals surface area contributed by atoms with Gasteiger partial charge in [0.1, 0.15) is 4.88 Å². The molecule has 2 N–H and O–H groups in total. The van der Waals surface area contributed by atoms with Crippen molar-refractivity contribution in [3.8, 4) is 0 Å². The minimum Gasteiger partial charge on any atom is -0.465 e. The quantitative estimate of drug-likeness (QED) is 0.566. The van der Waals surface area contributed by atoms with Crippen molar-refractivity contribution in [3.63, 3.8) is 0 Å². The van der Waals surface area contributed by atoms with Crippen molar-refractivity contribution in [3.05, 3.63) is 88.1 Å². The van der Waals surface area contributed by atoms with E-state index in [-0.39, 0.29) is 18.5 Å². The number of thiophene rings is 1. The zero-order valence-electron chi connectivity index (χ0n) is 15.6. The maximum absolute atomic E-state index is 12.4. The molecule has 144 valence electrons. The molecule has 1 atom stereocenters. The second-order valence-corrected chi connectivity index (χ2v) is 7.15. The smallest absolute Gasteiger partial charge is 0.350 e. The normalized spacial score (nSPS) is 11.6. The summed E-state index contributed by atoms with van der Waals surface area (Å²) in [6.45, 7) is 0.128. The number of esters is 1. The SMILES string of the molecule is COC(=O)c1sccc1NC(=O)CNC(Cc1ccccc1)c1ccccc1. The van der Waals surface area contributed by atoms with Gasteiger partial charge in [0.15, 0.2) is 0 Å². The van der Waals surface area contributed by atoms with Crippen LogP contribution in [0.3, 0.4) is 0 Å². The lowest BCUT2D eigenvalue weighted by atomic mass is 9.99. The Morgan fingerprint density at radius 1 is 1.00 bits per heavy atom. The average molecular weight is 394 g/mol. The molecule has 6 heteroatoms. The summed E-state index contributed by atoms with van der Waals surface area (Å²) in [7, 11) is 1.32. The van der Waals surface area contributed by atoms with E-state index in [2.05, 4.69) is 22.8 Å². The van der Waals surface area contributed by atoms with Gasteiger partial charge in [-0.1, -0.05) is 60.7 Å². The van der Waals surface area contributed by atoms with Crippen LogP contribution in [0.2, 0.25) is 0 Å². The standard InChI is InChI=1S/C22H22N2O3S/c1-27-22(26)21-18(12-13-28-21)24-20(25)15-23-19(17-10-6-3-7-11-17)14-16-8-4-2-5-9-16/h2-13,19,23H,14-15H2,1H3,(H,24,25). The van der Waals surface area contributed by atoms with E-state index in [0.29, 0.717) is 10.6 Å². The number of carbonyl (C=O) groups is 2. The lowest BCUT2D eigenvalue weighted by Gasteiger charge is -2.19. The van der Waals surface area contributed by atoms with Crippen molar-refractivity contribution >= 4 is 28.9 Å². The van der Waals surface area contributed by atoms with Crippen LogP contribution in [0.5, 0.6) is 0 Å². The van der Waals surface area contributed by atoms with Crippen LogP contribution in [0, 0.1) is 0 Å². The fraction of sp³-hybridized carbons (Fsp3) is 0.182. The van der Waals surface area contributed by atoms with Crippen molar-refractivity contribution in [1.29, 1.82) is 0 Å². The van der Waals surface area contributed by atoms with E-state index in [9.17, 15) is 9.59 Å². The van der Waals surface area contributed by atoms with Crippen LogP contribution >= 0.6 is 11.3 Å². The zero-order chi connectivity index (χ0) is 19.8. The summed E-state index contributed by atoms with van der Waals surface area (Å²) in [6, 6.07) is 21.9. The number of rotatable bonds is 8. The van der Waals surface area contributed by atoms with Crippen molar-refractivity contribution in [2.45, 2.75) is 12.5 Å². The lowest BCUT2D eigenvalue weighted by Crippen LogP contribution is -2.32. The van der Waals surface area contributed by atoms with Crippen LogP contribution in [0.15, 0.2) is 72.1 Å². The van der Waals surface area contributed by atoms with Gasteiger partial charge in [-0.25, -0.2) is 4.79 Å². The number of benzene rings is 2. The number of hydrogen-bond acceptors (Lipinski definition) is 5. The zero-order valence-corrected chi connectivity index (χ0v) is 16.4. The first-order valence-electron chi connectivity index (χ1n) is 8.95. The second kappa shape index (κ2) is 9.82. The predicted octanol–water partition coefficient (Wildman–Crippen LogP) is 4.05. The van der Waals surface area contributed by atoms with E-state index in [1.54, 1.807) is 11.4 Å². The third kappa shape index (κ3) is 5.28. The summed E-state index contributed by atoms with van der Waals surface area (Å²) < 4.78 is 4.74. The maximum Gasteiger partial charge on any atom is 0.350 e. The highest BCUT2D eigenvalue weighted by Gasteiger charge is 2.17. The molecule has 0 radical (unpaired) electrons. The van der Waals surface area contributed by atoms with Crippen LogP contribution in [0.25, 0.3) is 0 Å². The second-order valence-electron chi connectivity index (χ2n) is 6.24. The topological polar surface area (TPSA) is 67.4 Å². The van der Waals surface area contributed by atoms with E-state index in [4.69, 9.17) is 4.74 Å². The molecule has 0 saturated heterocycles.